The average Bonchev–Trinajstić information content (AvgIpc) is 3.16. The minimum absolute atomic E-state index is 0.0533. The molecule has 7 nitrogen and oxygen atoms in total. The van der Waals surface area contributed by atoms with Gasteiger partial charge in [-0.3, -0.25) is 9.59 Å². The Hall–Kier alpha value is -2.67. The number of aromatic nitrogens is 2. The molecule has 2 aromatic rings. The maximum atomic E-state index is 12.8. The Morgan fingerprint density at radius 1 is 1.30 bits per heavy atom. The van der Waals surface area contributed by atoms with Crippen LogP contribution in [0.2, 0.25) is 5.02 Å². The number of anilines is 1. The number of aliphatic carboxylic acids is 1. The maximum absolute atomic E-state index is 12.8. The first-order valence-corrected chi connectivity index (χ1v) is 9.19. The highest BCUT2D eigenvalue weighted by Crippen LogP contribution is 2.24. The molecule has 1 unspecified atom stereocenters. The Bertz CT molecular complexity index is 853. The Labute approximate surface area is 162 Å². The number of hydrogen-bond acceptors (Lipinski definition) is 5. The lowest BCUT2D eigenvalue weighted by atomic mass is 9.98. The van der Waals surface area contributed by atoms with E-state index >= 15 is 0 Å². The van der Waals surface area contributed by atoms with E-state index in [1.807, 2.05) is 30.0 Å². The predicted octanol–water partition coefficient (Wildman–Crippen LogP) is 2.98. The number of halogens is 1. The molecule has 0 aliphatic carbocycles. The summed E-state index contributed by atoms with van der Waals surface area (Å²) in [6.07, 6.45) is 3.29. The van der Waals surface area contributed by atoms with Crippen LogP contribution < -0.4 is 10.2 Å². The highest BCUT2D eigenvalue weighted by atomic mass is 35.5. The van der Waals surface area contributed by atoms with Crippen LogP contribution in [0.3, 0.4) is 0 Å². The van der Waals surface area contributed by atoms with Gasteiger partial charge in [0.15, 0.2) is 5.69 Å². The Balaban J connectivity index is 1.86. The summed E-state index contributed by atoms with van der Waals surface area (Å²) in [7, 11) is 0. The molecule has 1 aliphatic rings. The van der Waals surface area contributed by atoms with E-state index in [1.54, 1.807) is 6.07 Å². The van der Waals surface area contributed by atoms with Crippen molar-refractivity contribution in [1.82, 2.24) is 15.3 Å². The number of nitrogens with one attached hydrogen (secondary N) is 1. The van der Waals surface area contributed by atoms with E-state index in [-0.39, 0.29) is 17.1 Å². The van der Waals surface area contributed by atoms with E-state index in [2.05, 4.69) is 15.3 Å². The molecule has 2 N–H and O–H groups in total. The van der Waals surface area contributed by atoms with E-state index < -0.39 is 17.9 Å². The van der Waals surface area contributed by atoms with Crippen LogP contribution in [-0.2, 0) is 4.79 Å². The summed E-state index contributed by atoms with van der Waals surface area (Å²) in [5.41, 5.74) is 1.70. The summed E-state index contributed by atoms with van der Waals surface area (Å²) in [5.74, 6) is -1.06. The summed E-state index contributed by atoms with van der Waals surface area (Å²) >= 11 is 6.14. The van der Waals surface area contributed by atoms with Gasteiger partial charge in [0, 0.05) is 13.1 Å². The normalized spacial score (nSPS) is 14.8. The molecule has 2 heterocycles. The molecule has 1 aromatic heterocycles. The van der Waals surface area contributed by atoms with E-state index in [1.165, 1.54) is 6.20 Å². The van der Waals surface area contributed by atoms with Crippen molar-refractivity contribution in [2.75, 3.05) is 18.0 Å². The molecule has 1 fully saturated rings. The van der Waals surface area contributed by atoms with Gasteiger partial charge in [0.2, 0.25) is 5.95 Å². The first kappa shape index (κ1) is 19.1. The van der Waals surface area contributed by atoms with Gasteiger partial charge in [0.05, 0.1) is 23.7 Å². The summed E-state index contributed by atoms with van der Waals surface area (Å²) in [6, 6.07) is 6.67. The Morgan fingerprint density at radius 3 is 2.67 bits per heavy atom. The van der Waals surface area contributed by atoms with Crippen LogP contribution >= 0.6 is 11.6 Å². The number of aryl methyl sites for hydroxylation is 1. The van der Waals surface area contributed by atoms with Crippen molar-refractivity contribution in [2.24, 2.45) is 0 Å². The van der Waals surface area contributed by atoms with Gasteiger partial charge in [-0.1, -0.05) is 35.9 Å². The zero-order valence-corrected chi connectivity index (χ0v) is 15.7. The Kier molecular flexibility index (Phi) is 5.91. The third-order valence-corrected chi connectivity index (χ3v) is 4.86. The fraction of sp³-hybridized carbons (Fsp3) is 0.368. The number of carbonyl (C=O) groups excluding carboxylic acids is 1. The van der Waals surface area contributed by atoms with Crippen molar-refractivity contribution in [3.63, 3.8) is 0 Å². The van der Waals surface area contributed by atoms with Gasteiger partial charge in [-0.15, -0.1) is 0 Å². The van der Waals surface area contributed by atoms with E-state index in [0.29, 0.717) is 5.95 Å². The summed E-state index contributed by atoms with van der Waals surface area (Å²) in [6.45, 7) is 3.56. The van der Waals surface area contributed by atoms with E-state index in [0.717, 1.165) is 37.1 Å². The molecule has 0 bridgehead atoms. The molecule has 1 aliphatic heterocycles. The molecule has 1 aromatic carbocycles. The predicted molar refractivity (Wildman–Crippen MR) is 102 cm³/mol. The van der Waals surface area contributed by atoms with Gasteiger partial charge < -0.3 is 15.3 Å². The van der Waals surface area contributed by atoms with Gasteiger partial charge >= 0.3 is 5.97 Å². The van der Waals surface area contributed by atoms with Crippen molar-refractivity contribution in [2.45, 2.75) is 32.2 Å². The molecule has 3 rings (SSSR count). The summed E-state index contributed by atoms with van der Waals surface area (Å²) in [5, 5.41) is 12.2. The minimum Gasteiger partial charge on any atom is -0.481 e. The molecule has 142 valence electrons. The molecule has 0 radical (unpaired) electrons. The topological polar surface area (TPSA) is 95.4 Å². The highest BCUT2D eigenvalue weighted by molar-refractivity contribution is 6.33. The number of rotatable bonds is 6. The number of benzene rings is 1. The maximum Gasteiger partial charge on any atom is 0.305 e. The fourth-order valence-corrected chi connectivity index (χ4v) is 3.38. The van der Waals surface area contributed by atoms with Crippen molar-refractivity contribution in [1.29, 1.82) is 0 Å². The second kappa shape index (κ2) is 8.35. The lowest BCUT2D eigenvalue weighted by molar-refractivity contribution is -0.137. The third-order valence-electron chi connectivity index (χ3n) is 4.58. The van der Waals surface area contributed by atoms with Crippen LogP contribution in [-0.4, -0.2) is 40.0 Å². The molecule has 8 heteroatoms. The summed E-state index contributed by atoms with van der Waals surface area (Å²) < 4.78 is 0. The molecular weight excluding hydrogens is 368 g/mol. The third kappa shape index (κ3) is 4.54. The van der Waals surface area contributed by atoms with Crippen LogP contribution in [0.15, 0.2) is 30.5 Å². The summed E-state index contributed by atoms with van der Waals surface area (Å²) in [4.78, 5) is 34.7. The molecule has 1 atom stereocenters. The average molecular weight is 389 g/mol. The van der Waals surface area contributed by atoms with Crippen LogP contribution in [0, 0.1) is 6.92 Å². The largest absolute Gasteiger partial charge is 0.481 e. The van der Waals surface area contributed by atoms with Crippen LogP contribution in [0.4, 0.5) is 5.95 Å². The van der Waals surface area contributed by atoms with Gasteiger partial charge in [-0.25, -0.2) is 9.97 Å². The molecule has 0 spiro atoms. The molecule has 27 heavy (non-hydrogen) atoms. The van der Waals surface area contributed by atoms with Gasteiger partial charge in [0.25, 0.3) is 5.91 Å². The number of carboxylic acids is 1. The lowest BCUT2D eigenvalue weighted by Crippen LogP contribution is -2.32. The number of nitrogens with zero attached hydrogens (tertiary/aromatic N) is 3. The zero-order chi connectivity index (χ0) is 19.4. The van der Waals surface area contributed by atoms with Crippen LogP contribution in [0.1, 0.15) is 46.9 Å². The van der Waals surface area contributed by atoms with Crippen molar-refractivity contribution >= 4 is 29.4 Å². The van der Waals surface area contributed by atoms with E-state index in [9.17, 15) is 14.7 Å². The van der Waals surface area contributed by atoms with Crippen LogP contribution in [0.5, 0.6) is 0 Å². The highest BCUT2D eigenvalue weighted by Gasteiger charge is 2.24. The van der Waals surface area contributed by atoms with Gasteiger partial charge in [-0.05, 0) is 30.9 Å². The van der Waals surface area contributed by atoms with Crippen molar-refractivity contribution < 1.29 is 14.7 Å². The van der Waals surface area contributed by atoms with Gasteiger partial charge in [0.1, 0.15) is 0 Å². The van der Waals surface area contributed by atoms with Gasteiger partial charge in [-0.2, -0.15) is 0 Å². The second-order valence-corrected chi connectivity index (χ2v) is 6.95. The van der Waals surface area contributed by atoms with E-state index in [4.69, 9.17) is 11.6 Å². The molecular formula is C19H21ClN4O3. The number of carbonyl (C=O) groups is 2. The van der Waals surface area contributed by atoms with Crippen molar-refractivity contribution in [3.05, 3.63) is 52.3 Å². The monoisotopic (exact) mass is 388 g/mol. The first-order chi connectivity index (χ1) is 13.0. The fourth-order valence-electron chi connectivity index (χ4n) is 3.20. The molecule has 1 saturated heterocycles. The Morgan fingerprint density at radius 2 is 2.00 bits per heavy atom. The quantitative estimate of drug-likeness (QED) is 0.789. The standard InChI is InChI=1S/C19H21ClN4O3/c1-12-6-2-3-7-13(12)15(10-16(25)26)22-18(27)17-14(20)11-21-19(23-17)24-8-4-5-9-24/h2-3,6-7,11,15H,4-5,8-10H2,1H3,(H,22,27)(H,25,26). The second-order valence-electron chi connectivity index (χ2n) is 6.54. The van der Waals surface area contributed by atoms with Crippen molar-refractivity contribution in [3.8, 4) is 0 Å². The zero-order valence-electron chi connectivity index (χ0n) is 15.0. The smallest absolute Gasteiger partial charge is 0.305 e. The lowest BCUT2D eigenvalue weighted by Gasteiger charge is -2.20. The number of amides is 1. The SMILES string of the molecule is Cc1ccccc1C(CC(=O)O)NC(=O)c1nc(N2CCCC2)ncc1Cl. The molecule has 1 amide bonds. The first-order valence-electron chi connectivity index (χ1n) is 8.81. The number of hydrogen-bond donors (Lipinski definition) is 2. The molecule has 0 saturated carbocycles. The minimum atomic E-state index is -1.00. The van der Waals surface area contributed by atoms with Crippen LogP contribution in [0.25, 0.3) is 0 Å². The number of carboxylic acid groups (broad SMARTS) is 1.